The average Bonchev–Trinajstić information content (AvgIpc) is 2.58. The van der Waals surface area contributed by atoms with Crippen LogP contribution in [-0.4, -0.2) is 18.4 Å². The van der Waals surface area contributed by atoms with E-state index in [1.807, 2.05) is 61.5 Å². The highest BCUT2D eigenvalue weighted by Gasteiger charge is 2.25. The summed E-state index contributed by atoms with van der Waals surface area (Å²) < 4.78 is 0. The quantitative estimate of drug-likeness (QED) is 0.944. The van der Waals surface area contributed by atoms with Gasteiger partial charge in [-0.3, -0.25) is 9.59 Å². The molecule has 1 heterocycles. The smallest absolute Gasteiger partial charge is 0.240 e. The van der Waals surface area contributed by atoms with E-state index in [1.165, 1.54) is 0 Å². The molecule has 0 saturated heterocycles. The summed E-state index contributed by atoms with van der Waals surface area (Å²) in [6.07, 6.45) is 1.20. The van der Waals surface area contributed by atoms with Gasteiger partial charge < -0.3 is 10.2 Å². The second kappa shape index (κ2) is 6.65. The summed E-state index contributed by atoms with van der Waals surface area (Å²) in [5, 5.41) is 2.96. The Balaban J connectivity index is 1.69. The molecule has 4 heteroatoms. The Labute approximate surface area is 136 Å². The number of para-hydroxylation sites is 1. The van der Waals surface area contributed by atoms with Gasteiger partial charge in [0.1, 0.15) is 6.54 Å². The molecule has 0 spiro atoms. The van der Waals surface area contributed by atoms with Crippen LogP contribution >= 0.6 is 0 Å². The van der Waals surface area contributed by atoms with E-state index in [4.69, 9.17) is 0 Å². The maximum Gasteiger partial charge on any atom is 0.240 e. The minimum Gasteiger partial charge on any atom is -0.348 e. The van der Waals surface area contributed by atoms with Gasteiger partial charge in [0.25, 0.3) is 0 Å². The molecule has 118 valence electrons. The lowest BCUT2D eigenvalue weighted by Crippen LogP contribution is -2.43. The van der Waals surface area contributed by atoms with Gasteiger partial charge >= 0.3 is 0 Å². The molecule has 0 radical (unpaired) electrons. The molecule has 2 aromatic carbocycles. The second-order valence-electron chi connectivity index (χ2n) is 5.81. The Hall–Kier alpha value is -2.62. The van der Waals surface area contributed by atoms with Gasteiger partial charge in [-0.1, -0.05) is 48.5 Å². The van der Waals surface area contributed by atoms with Crippen molar-refractivity contribution in [3.63, 3.8) is 0 Å². The molecule has 1 aliphatic rings. The Kier molecular flexibility index (Phi) is 4.42. The lowest BCUT2D eigenvalue weighted by atomic mass is 10.0. The van der Waals surface area contributed by atoms with E-state index in [0.29, 0.717) is 6.42 Å². The van der Waals surface area contributed by atoms with Gasteiger partial charge in [-0.25, -0.2) is 0 Å². The first kappa shape index (κ1) is 15.3. The minimum atomic E-state index is -0.147. The molecule has 2 aromatic rings. The number of hydrogen-bond donors (Lipinski definition) is 1. The molecule has 1 atom stereocenters. The standard InChI is InChI=1S/C19H20N2O2/c1-14(15-7-3-2-4-8-15)20-18(22)13-21-17-10-6-5-9-16(17)11-12-19(21)23/h2-10,14H,11-13H2,1H3,(H,20,22). The van der Waals surface area contributed by atoms with Crippen molar-refractivity contribution in [2.75, 3.05) is 11.4 Å². The van der Waals surface area contributed by atoms with Crippen LogP contribution in [0.2, 0.25) is 0 Å². The zero-order valence-corrected chi connectivity index (χ0v) is 13.2. The first-order valence-electron chi connectivity index (χ1n) is 7.88. The van der Waals surface area contributed by atoms with Crippen LogP contribution in [0.3, 0.4) is 0 Å². The van der Waals surface area contributed by atoms with Crippen LogP contribution in [0, 0.1) is 0 Å². The molecule has 1 N–H and O–H groups in total. The van der Waals surface area contributed by atoms with Crippen molar-refractivity contribution in [3.8, 4) is 0 Å². The third-order valence-electron chi connectivity index (χ3n) is 4.17. The molecule has 2 amide bonds. The van der Waals surface area contributed by atoms with E-state index in [2.05, 4.69) is 5.32 Å². The number of amides is 2. The first-order chi connectivity index (χ1) is 11.1. The summed E-state index contributed by atoms with van der Waals surface area (Å²) in [5.74, 6) is -0.141. The molecule has 0 saturated carbocycles. The molecular formula is C19H20N2O2. The molecule has 1 unspecified atom stereocenters. The van der Waals surface area contributed by atoms with E-state index in [9.17, 15) is 9.59 Å². The van der Waals surface area contributed by atoms with Crippen LogP contribution in [0.25, 0.3) is 0 Å². The van der Waals surface area contributed by atoms with E-state index in [1.54, 1.807) is 4.90 Å². The van der Waals surface area contributed by atoms with Crippen molar-refractivity contribution in [1.82, 2.24) is 5.32 Å². The highest BCUT2D eigenvalue weighted by atomic mass is 16.2. The number of hydrogen-bond acceptors (Lipinski definition) is 2. The second-order valence-corrected chi connectivity index (χ2v) is 5.81. The van der Waals surface area contributed by atoms with E-state index in [0.717, 1.165) is 23.2 Å². The normalized spacial score (nSPS) is 15.0. The maximum absolute atomic E-state index is 12.3. The molecule has 0 aliphatic carbocycles. The summed E-state index contributed by atoms with van der Waals surface area (Å²) in [6, 6.07) is 17.5. The van der Waals surface area contributed by atoms with Crippen molar-refractivity contribution >= 4 is 17.5 Å². The third-order valence-corrected chi connectivity index (χ3v) is 4.17. The van der Waals surface area contributed by atoms with Gasteiger partial charge in [0, 0.05) is 12.1 Å². The van der Waals surface area contributed by atoms with E-state index < -0.39 is 0 Å². The lowest BCUT2D eigenvalue weighted by molar-refractivity contribution is -0.124. The van der Waals surface area contributed by atoms with Gasteiger partial charge in [-0.05, 0) is 30.5 Å². The van der Waals surface area contributed by atoms with Crippen LogP contribution in [-0.2, 0) is 16.0 Å². The average molecular weight is 308 g/mol. The van der Waals surface area contributed by atoms with Gasteiger partial charge in [0.2, 0.25) is 11.8 Å². The summed E-state index contributed by atoms with van der Waals surface area (Å²) in [6.45, 7) is 2.01. The monoisotopic (exact) mass is 308 g/mol. The third kappa shape index (κ3) is 3.42. The van der Waals surface area contributed by atoms with Crippen LogP contribution in [0.15, 0.2) is 54.6 Å². The van der Waals surface area contributed by atoms with Crippen LogP contribution in [0.1, 0.15) is 30.5 Å². The van der Waals surface area contributed by atoms with Gasteiger partial charge in [-0.15, -0.1) is 0 Å². The summed E-state index contributed by atoms with van der Waals surface area (Å²) in [4.78, 5) is 26.1. The molecule has 0 fully saturated rings. The summed E-state index contributed by atoms with van der Waals surface area (Å²) in [5.41, 5.74) is 3.02. The fraction of sp³-hybridized carbons (Fsp3) is 0.263. The van der Waals surface area contributed by atoms with Crippen molar-refractivity contribution in [2.45, 2.75) is 25.8 Å². The van der Waals surface area contributed by atoms with Crippen molar-refractivity contribution in [2.24, 2.45) is 0 Å². The van der Waals surface area contributed by atoms with Crippen LogP contribution in [0.4, 0.5) is 5.69 Å². The lowest BCUT2D eigenvalue weighted by Gasteiger charge is -2.29. The molecular weight excluding hydrogens is 288 g/mol. The van der Waals surface area contributed by atoms with Crippen molar-refractivity contribution in [3.05, 3.63) is 65.7 Å². The predicted molar refractivity (Wildman–Crippen MR) is 90.1 cm³/mol. The van der Waals surface area contributed by atoms with Crippen molar-refractivity contribution in [1.29, 1.82) is 0 Å². The summed E-state index contributed by atoms with van der Waals surface area (Å²) in [7, 11) is 0. The Morgan fingerprint density at radius 1 is 1.09 bits per heavy atom. The van der Waals surface area contributed by atoms with E-state index >= 15 is 0 Å². The number of nitrogens with one attached hydrogen (secondary N) is 1. The molecule has 0 bridgehead atoms. The Morgan fingerprint density at radius 3 is 2.57 bits per heavy atom. The summed E-state index contributed by atoms with van der Waals surface area (Å²) >= 11 is 0. The number of aryl methyl sites for hydroxylation is 1. The number of benzene rings is 2. The Bertz CT molecular complexity index is 712. The van der Waals surface area contributed by atoms with Crippen molar-refractivity contribution < 1.29 is 9.59 Å². The van der Waals surface area contributed by atoms with Crippen LogP contribution in [0.5, 0.6) is 0 Å². The highest BCUT2D eigenvalue weighted by Crippen LogP contribution is 2.27. The predicted octanol–water partition coefficient (Wildman–Crippen LogP) is 2.84. The van der Waals surface area contributed by atoms with Gasteiger partial charge in [0.05, 0.1) is 6.04 Å². The molecule has 0 aromatic heterocycles. The number of nitrogens with zero attached hydrogens (tertiary/aromatic N) is 1. The number of carbonyl (C=O) groups is 2. The molecule has 23 heavy (non-hydrogen) atoms. The first-order valence-corrected chi connectivity index (χ1v) is 7.88. The number of rotatable bonds is 4. The zero-order valence-electron chi connectivity index (χ0n) is 13.2. The fourth-order valence-corrected chi connectivity index (χ4v) is 2.93. The molecule has 1 aliphatic heterocycles. The van der Waals surface area contributed by atoms with Gasteiger partial charge in [-0.2, -0.15) is 0 Å². The maximum atomic E-state index is 12.3. The number of anilines is 1. The Morgan fingerprint density at radius 2 is 1.78 bits per heavy atom. The highest BCUT2D eigenvalue weighted by molar-refractivity contribution is 6.01. The number of carbonyl (C=O) groups excluding carboxylic acids is 2. The molecule has 3 rings (SSSR count). The van der Waals surface area contributed by atoms with E-state index in [-0.39, 0.29) is 24.4 Å². The number of fused-ring (bicyclic) bond motifs is 1. The fourth-order valence-electron chi connectivity index (χ4n) is 2.93. The largest absolute Gasteiger partial charge is 0.348 e. The van der Waals surface area contributed by atoms with Gasteiger partial charge in [0.15, 0.2) is 0 Å². The zero-order chi connectivity index (χ0) is 16.2. The molecule has 4 nitrogen and oxygen atoms in total. The SMILES string of the molecule is CC(NC(=O)CN1C(=O)CCc2ccccc21)c1ccccc1. The minimum absolute atomic E-state index is 0.00575. The topological polar surface area (TPSA) is 49.4 Å². The van der Waals surface area contributed by atoms with Crippen LogP contribution < -0.4 is 10.2 Å².